The van der Waals surface area contributed by atoms with Crippen molar-refractivity contribution in [1.29, 1.82) is 0 Å². The number of amides is 1. The van der Waals surface area contributed by atoms with Gasteiger partial charge < -0.3 is 20.3 Å². The van der Waals surface area contributed by atoms with Crippen LogP contribution in [0.2, 0.25) is 0 Å². The third kappa shape index (κ3) is 41.7. The molecule has 2 atom stereocenters. The van der Waals surface area contributed by atoms with Gasteiger partial charge in [0.2, 0.25) is 5.91 Å². The average Bonchev–Trinajstić information content (AvgIpc) is 3.20. The van der Waals surface area contributed by atoms with E-state index in [-0.39, 0.29) is 18.5 Å². The molecule has 0 heterocycles. The van der Waals surface area contributed by atoms with Gasteiger partial charge in [-0.15, -0.1) is 0 Å². The van der Waals surface area contributed by atoms with Crippen molar-refractivity contribution in [1.82, 2.24) is 5.32 Å². The number of aliphatic hydroxyl groups is 2. The number of nitrogens with one attached hydrogen (secondary N) is 1. The first-order valence-corrected chi connectivity index (χ1v) is 24.2. The molecule has 0 radical (unpaired) electrons. The minimum atomic E-state index is -0.681. The van der Waals surface area contributed by atoms with E-state index in [1.54, 1.807) is 0 Å². The minimum absolute atomic E-state index is 0.0287. The van der Waals surface area contributed by atoms with E-state index in [0.717, 1.165) is 83.5 Å². The predicted molar refractivity (Wildman–Crippen MR) is 241 cm³/mol. The highest BCUT2D eigenvalue weighted by Gasteiger charge is 2.20. The molecule has 3 N–H and O–H groups in total. The highest BCUT2D eigenvalue weighted by atomic mass is 16.5. The summed E-state index contributed by atoms with van der Waals surface area (Å²) < 4.78 is 5.43. The molecule has 0 aromatic heterocycles. The molecule has 0 saturated carbocycles. The van der Waals surface area contributed by atoms with Crippen LogP contribution in [-0.4, -0.2) is 47.4 Å². The standard InChI is InChI=1S/C50H93NO5/c1-3-5-7-9-11-13-15-18-22-26-30-34-38-42-48(53)47(46-52)51-49(54)43-39-35-31-27-23-20-17-21-25-29-33-37-41-45-56-50(55)44-40-36-32-28-24-19-16-14-12-10-8-6-4-2/h8,10,14,16,20,23,47-48,52-53H,3-7,9,11-13,15,17-19,21-22,24-46H2,1-2H3,(H,51,54)/b10-8-,16-14-,23-20-. The topological polar surface area (TPSA) is 95.9 Å². The number of aliphatic hydroxyl groups excluding tert-OH is 2. The van der Waals surface area contributed by atoms with E-state index in [9.17, 15) is 19.8 Å². The fourth-order valence-electron chi connectivity index (χ4n) is 7.14. The second kappa shape index (κ2) is 45.8. The lowest BCUT2D eigenvalue weighted by Crippen LogP contribution is -2.45. The van der Waals surface area contributed by atoms with Crippen LogP contribution in [0.1, 0.15) is 245 Å². The largest absolute Gasteiger partial charge is 0.466 e. The fourth-order valence-corrected chi connectivity index (χ4v) is 7.14. The molecule has 2 unspecified atom stereocenters. The highest BCUT2D eigenvalue weighted by Crippen LogP contribution is 2.15. The zero-order valence-electron chi connectivity index (χ0n) is 37.1. The van der Waals surface area contributed by atoms with E-state index < -0.39 is 12.1 Å². The van der Waals surface area contributed by atoms with Gasteiger partial charge >= 0.3 is 5.97 Å². The third-order valence-electron chi connectivity index (χ3n) is 10.9. The lowest BCUT2D eigenvalue weighted by molar-refractivity contribution is -0.143. The fraction of sp³-hybridized carbons (Fsp3) is 0.840. The lowest BCUT2D eigenvalue weighted by Gasteiger charge is -2.22. The number of esters is 1. The Hall–Kier alpha value is -1.92. The SMILES string of the molecule is CCC/C=C\C/C=C\CCCCCCCC(=O)OCCCCCCCC/C=C\CCCCCC(=O)NC(CO)C(O)CCCCCCCCCCCCCCC. The second-order valence-electron chi connectivity index (χ2n) is 16.4. The van der Waals surface area contributed by atoms with E-state index in [2.05, 4.69) is 55.6 Å². The monoisotopic (exact) mass is 788 g/mol. The van der Waals surface area contributed by atoms with E-state index >= 15 is 0 Å². The van der Waals surface area contributed by atoms with Crippen molar-refractivity contribution >= 4 is 11.9 Å². The minimum Gasteiger partial charge on any atom is -0.466 e. The molecule has 0 aromatic rings. The predicted octanol–water partition coefficient (Wildman–Crippen LogP) is 14.1. The van der Waals surface area contributed by atoms with Gasteiger partial charge in [-0.25, -0.2) is 0 Å². The number of carbonyl (C=O) groups is 2. The Morgan fingerprint density at radius 3 is 1.46 bits per heavy atom. The van der Waals surface area contributed by atoms with Gasteiger partial charge in [-0.1, -0.05) is 192 Å². The number of hydrogen-bond donors (Lipinski definition) is 3. The van der Waals surface area contributed by atoms with Gasteiger partial charge in [0.15, 0.2) is 0 Å². The van der Waals surface area contributed by atoms with Gasteiger partial charge in [-0.05, 0) is 77.0 Å². The zero-order valence-corrected chi connectivity index (χ0v) is 37.1. The maximum absolute atomic E-state index is 12.4. The van der Waals surface area contributed by atoms with Crippen molar-refractivity contribution in [2.24, 2.45) is 0 Å². The van der Waals surface area contributed by atoms with E-state index in [1.165, 1.54) is 128 Å². The summed E-state index contributed by atoms with van der Waals surface area (Å²) in [4.78, 5) is 24.4. The molecular formula is C50H93NO5. The Morgan fingerprint density at radius 1 is 0.500 bits per heavy atom. The molecular weight excluding hydrogens is 695 g/mol. The Balaban J connectivity index is 3.52. The van der Waals surface area contributed by atoms with Crippen LogP contribution in [0.25, 0.3) is 0 Å². The number of allylic oxidation sites excluding steroid dienone is 6. The van der Waals surface area contributed by atoms with Gasteiger partial charge in [0, 0.05) is 12.8 Å². The van der Waals surface area contributed by atoms with E-state index in [0.29, 0.717) is 25.9 Å². The number of rotatable bonds is 44. The first-order chi connectivity index (χ1) is 27.5. The van der Waals surface area contributed by atoms with Crippen molar-refractivity contribution < 1.29 is 24.5 Å². The number of ether oxygens (including phenoxy) is 1. The molecule has 0 rings (SSSR count). The van der Waals surface area contributed by atoms with E-state index in [1.807, 2.05) is 0 Å². The maximum Gasteiger partial charge on any atom is 0.305 e. The summed E-state index contributed by atoms with van der Waals surface area (Å²) >= 11 is 0. The highest BCUT2D eigenvalue weighted by molar-refractivity contribution is 5.76. The van der Waals surface area contributed by atoms with E-state index in [4.69, 9.17) is 4.74 Å². The Kier molecular flexibility index (Phi) is 44.2. The normalized spacial score (nSPS) is 13.0. The van der Waals surface area contributed by atoms with Crippen molar-refractivity contribution in [3.05, 3.63) is 36.5 Å². The van der Waals surface area contributed by atoms with Crippen molar-refractivity contribution in [2.75, 3.05) is 13.2 Å². The van der Waals surface area contributed by atoms with Crippen molar-refractivity contribution in [3.63, 3.8) is 0 Å². The number of unbranched alkanes of at least 4 members (excludes halogenated alkanes) is 27. The summed E-state index contributed by atoms with van der Waals surface area (Å²) in [6.45, 7) is 4.82. The van der Waals surface area contributed by atoms with Gasteiger partial charge in [0.1, 0.15) is 0 Å². The molecule has 6 nitrogen and oxygen atoms in total. The quantitative estimate of drug-likeness (QED) is 0.0325. The van der Waals surface area contributed by atoms with Crippen LogP contribution < -0.4 is 5.32 Å². The molecule has 0 aliphatic carbocycles. The molecule has 0 saturated heterocycles. The average molecular weight is 788 g/mol. The Bertz CT molecular complexity index is 915. The van der Waals surface area contributed by atoms with Crippen LogP contribution >= 0.6 is 0 Å². The number of carbonyl (C=O) groups excluding carboxylic acids is 2. The molecule has 56 heavy (non-hydrogen) atoms. The molecule has 0 bridgehead atoms. The molecule has 1 amide bonds. The maximum atomic E-state index is 12.4. The van der Waals surface area contributed by atoms with Crippen LogP contribution in [0.15, 0.2) is 36.5 Å². The summed E-state index contributed by atoms with van der Waals surface area (Å²) in [5.74, 6) is -0.0959. The smallest absolute Gasteiger partial charge is 0.305 e. The molecule has 0 aromatic carbocycles. The van der Waals surface area contributed by atoms with Gasteiger partial charge in [0.05, 0.1) is 25.4 Å². The zero-order chi connectivity index (χ0) is 40.8. The summed E-state index contributed by atoms with van der Waals surface area (Å²) in [7, 11) is 0. The van der Waals surface area contributed by atoms with Crippen LogP contribution in [0, 0.1) is 0 Å². The van der Waals surface area contributed by atoms with Gasteiger partial charge in [-0.2, -0.15) is 0 Å². The summed E-state index contributed by atoms with van der Waals surface area (Å²) in [6.07, 6.45) is 53.9. The van der Waals surface area contributed by atoms with Crippen LogP contribution in [0.3, 0.4) is 0 Å². The first kappa shape index (κ1) is 54.1. The third-order valence-corrected chi connectivity index (χ3v) is 10.9. The van der Waals surface area contributed by atoms with Crippen LogP contribution in [0.4, 0.5) is 0 Å². The Morgan fingerprint density at radius 2 is 0.929 bits per heavy atom. The summed E-state index contributed by atoms with van der Waals surface area (Å²) in [5, 5.41) is 23.1. The molecule has 0 aliphatic rings. The summed E-state index contributed by atoms with van der Waals surface area (Å²) in [6, 6.07) is -0.562. The molecule has 328 valence electrons. The molecule has 0 aliphatic heterocycles. The lowest BCUT2D eigenvalue weighted by atomic mass is 10.0. The summed E-state index contributed by atoms with van der Waals surface area (Å²) in [5.41, 5.74) is 0. The van der Waals surface area contributed by atoms with Crippen molar-refractivity contribution in [2.45, 2.75) is 257 Å². The van der Waals surface area contributed by atoms with Gasteiger partial charge in [-0.3, -0.25) is 9.59 Å². The first-order valence-electron chi connectivity index (χ1n) is 24.2. The number of hydrogen-bond acceptors (Lipinski definition) is 5. The van der Waals surface area contributed by atoms with Crippen molar-refractivity contribution in [3.8, 4) is 0 Å². The van der Waals surface area contributed by atoms with Crippen LogP contribution in [-0.2, 0) is 14.3 Å². The van der Waals surface area contributed by atoms with Gasteiger partial charge in [0.25, 0.3) is 0 Å². The van der Waals surface area contributed by atoms with Crippen LogP contribution in [0.5, 0.6) is 0 Å². The second-order valence-corrected chi connectivity index (χ2v) is 16.4. The molecule has 6 heteroatoms. The Labute approximate surface area is 347 Å². The molecule has 0 spiro atoms. The molecule has 0 fully saturated rings.